The van der Waals surface area contributed by atoms with Crippen LogP contribution in [0.15, 0.2) is 0 Å². The van der Waals surface area contributed by atoms with Crippen molar-refractivity contribution in [2.24, 2.45) is 0 Å². The number of hydrogen-bond donors (Lipinski definition) is 0. The Hall–Kier alpha value is -0.0400. The van der Waals surface area contributed by atoms with Gasteiger partial charge in [-0.1, -0.05) is 13.3 Å². The Morgan fingerprint density at radius 1 is 1.44 bits per heavy atom. The van der Waals surface area contributed by atoms with Gasteiger partial charge in [0, 0.05) is 6.04 Å². The maximum atomic E-state index is 2.56. The van der Waals surface area contributed by atoms with E-state index < -0.39 is 0 Å². The molecule has 0 aromatic carbocycles. The van der Waals surface area contributed by atoms with Crippen molar-refractivity contribution in [3.8, 4) is 0 Å². The number of likely N-dealkylation sites (tertiary alicyclic amines) is 1. The van der Waals surface area contributed by atoms with Crippen LogP contribution in [0, 0.1) is 0 Å². The van der Waals surface area contributed by atoms with Gasteiger partial charge in [0.2, 0.25) is 0 Å². The highest BCUT2D eigenvalue weighted by atomic mass is 15.1. The monoisotopic (exact) mass is 127 g/mol. The van der Waals surface area contributed by atoms with Crippen LogP contribution in [0.5, 0.6) is 0 Å². The van der Waals surface area contributed by atoms with Gasteiger partial charge in [-0.2, -0.15) is 0 Å². The second-order valence-electron chi connectivity index (χ2n) is 2.97. The van der Waals surface area contributed by atoms with Crippen molar-refractivity contribution in [2.75, 3.05) is 13.1 Å². The molecule has 1 heteroatoms. The molecule has 0 saturated carbocycles. The highest BCUT2D eigenvalue weighted by Gasteiger charge is 2.14. The summed E-state index contributed by atoms with van der Waals surface area (Å²) in [5.41, 5.74) is 0. The lowest BCUT2D eigenvalue weighted by molar-refractivity contribution is 0.169. The minimum absolute atomic E-state index is 0.851. The summed E-state index contributed by atoms with van der Waals surface area (Å²) >= 11 is 0. The summed E-state index contributed by atoms with van der Waals surface area (Å²) in [6, 6.07) is 0.851. The molecule has 0 bridgehead atoms. The summed E-state index contributed by atoms with van der Waals surface area (Å²) in [4.78, 5) is 2.56. The average molecular weight is 127 g/mol. The third-order valence-corrected chi connectivity index (χ3v) is 2.35. The van der Waals surface area contributed by atoms with Gasteiger partial charge < -0.3 is 4.90 Å². The van der Waals surface area contributed by atoms with Crippen LogP contribution < -0.4 is 0 Å². The molecule has 0 aromatic heterocycles. The zero-order valence-corrected chi connectivity index (χ0v) is 6.56. The van der Waals surface area contributed by atoms with Crippen LogP contribution in [0.3, 0.4) is 0 Å². The Morgan fingerprint density at radius 3 is 2.67 bits per heavy atom. The summed E-state index contributed by atoms with van der Waals surface area (Å²) in [6.45, 7) is 7.16. The molecular formula is C8H17N. The predicted octanol–water partition coefficient (Wildman–Crippen LogP) is 1.88. The number of piperidine rings is 1. The van der Waals surface area contributed by atoms with Crippen molar-refractivity contribution in [1.29, 1.82) is 0 Å². The van der Waals surface area contributed by atoms with E-state index in [0.717, 1.165) is 6.04 Å². The molecule has 0 aromatic rings. The standard InChI is InChI=1S/C8H17N/c1-3-9-7-5-4-6-8(9)2/h8H,3-7H2,1-2H3/t8-/m0/s1. The molecule has 1 fully saturated rings. The molecule has 0 spiro atoms. The molecule has 9 heavy (non-hydrogen) atoms. The van der Waals surface area contributed by atoms with Crippen LogP contribution in [0.2, 0.25) is 0 Å². The van der Waals surface area contributed by atoms with Crippen LogP contribution in [0.1, 0.15) is 33.1 Å². The smallest absolute Gasteiger partial charge is 0.00668 e. The van der Waals surface area contributed by atoms with E-state index in [2.05, 4.69) is 18.7 Å². The van der Waals surface area contributed by atoms with Crippen molar-refractivity contribution in [3.05, 3.63) is 0 Å². The third kappa shape index (κ3) is 1.68. The molecule has 1 atom stereocenters. The van der Waals surface area contributed by atoms with Crippen molar-refractivity contribution >= 4 is 0 Å². The Balaban J connectivity index is 2.30. The zero-order chi connectivity index (χ0) is 6.69. The highest BCUT2D eigenvalue weighted by Crippen LogP contribution is 2.14. The van der Waals surface area contributed by atoms with E-state index in [4.69, 9.17) is 0 Å². The van der Waals surface area contributed by atoms with Gasteiger partial charge in [-0.25, -0.2) is 0 Å². The maximum Gasteiger partial charge on any atom is 0.00668 e. The van der Waals surface area contributed by atoms with E-state index in [0.29, 0.717) is 0 Å². The average Bonchev–Trinajstić information content (AvgIpc) is 1.89. The third-order valence-electron chi connectivity index (χ3n) is 2.35. The molecule has 1 saturated heterocycles. The summed E-state index contributed by atoms with van der Waals surface area (Å²) in [7, 11) is 0. The maximum absolute atomic E-state index is 2.56. The number of rotatable bonds is 1. The first kappa shape index (κ1) is 7.07. The topological polar surface area (TPSA) is 3.24 Å². The Bertz CT molecular complexity index is 80.6. The van der Waals surface area contributed by atoms with E-state index in [1.165, 1.54) is 32.4 Å². The summed E-state index contributed by atoms with van der Waals surface area (Å²) in [5, 5.41) is 0. The van der Waals surface area contributed by atoms with Gasteiger partial charge in [0.25, 0.3) is 0 Å². The fourth-order valence-corrected chi connectivity index (χ4v) is 1.63. The molecule has 0 radical (unpaired) electrons. The predicted molar refractivity (Wildman–Crippen MR) is 40.6 cm³/mol. The van der Waals surface area contributed by atoms with Gasteiger partial charge in [-0.05, 0) is 32.9 Å². The highest BCUT2D eigenvalue weighted by molar-refractivity contribution is 4.70. The normalized spacial score (nSPS) is 30.7. The fraction of sp³-hybridized carbons (Fsp3) is 1.00. The van der Waals surface area contributed by atoms with Gasteiger partial charge in [0.1, 0.15) is 0 Å². The van der Waals surface area contributed by atoms with Crippen LogP contribution in [-0.4, -0.2) is 24.0 Å². The second-order valence-corrected chi connectivity index (χ2v) is 2.97. The zero-order valence-electron chi connectivity index (χ0n) is 6.56. The molecule has 1 aliphatic heterocycles. The van der Waals surface area contributed by atoms with Crippen LogP contribution in [-0.2, 0) is 0 Å². The summed E-state index contributed by atoms with van der Waals surface area (Å²) in [6.07, 6.45) is 4.27. The van der Waals surface area contributed by atoms with Crippen molar-refractivity contribution in [3.63, 3.8) is 0 Å². The van der Waals surface area contributed by atoms with Gasteiger partial charge in [-0.3, -0.25) is 0 Å². The van der Waals surface area contributed by atoms with E-state index >= 15 is 0 Å². The SMILES string of the molecule is CCN1CCCC[C@@H]1C. The molecule has 1 heterocycles. The minimum atomic E-state index is 0.851. The summed E-state index contributed by atoms with van der Waals surface area (Å²) in [5.74, 6) is 0. The van der Waals surface area contributed by atoms with Crippen LogP contribution in [0.25, 0.3) is 0 Å². The Kier molecular flexibility index (Phi) is 2.52. The second kappa shape index (κ2) is 3.21. The van der Waals surface area contributed by atoms with Gasteiger partial charge in [-0.15, -0.1) is 0 Å². The number of nitrogens with zero attached hydrogens (tertiary/aromatic N) is 1. The van der Waals surface area contributed by atoms with E-state index in [1.54, 1.807) is 0 Å². The van der Waals surface area contributed by atoms with E-state index in [9.17, 15) is 0 Å². The van der Waals surface area contributed by atoms with Gasteiger partial charge in [0.15, 0.2) is 0 Å². The number of hydrogen-bond acceptors (Lipinski definition) is 1. The van der Waals surface area contributed by atoms with Crippen molar-refractivity contribution in [1.82, 2.24) is 4.90 Å². The van der Waals surface area contributed by atoms with Crippen LogP contribution in [0.4, 0.5) is 0 Å². The van der Waals surface area contributed by atoms with Gasteiger partial charge >= 0.3 is 0 Å². The first-order valence-corrected chi connectivity index (χ1v) is 4.08. The Labute approximate surface area is 58.0 Å². The lowest BCUT2D eigenvalue weighted by Crippen LogP contribution is -2.36. The first-order chi connectivity index (χ1) is 4.34. The fourth-order valence-electron chi connectivity index (χ4n) is 1.63. The first-order valence-electron chi connectivity index (χ1n) is 4.08. The minimum Gasteiger partial charge on any atom is -0.301 e. The van der Waals surface area contributed by atoms with E-state index in [-0.39, 0.29) is 0 Å². The molecule has 1 nitrogen and oxygen atoms in total. The van der Waals surface area contributed by atoms with E-state index in [1.807, 2.05) is 0 Å². The Morgan fingerprint density at radius 2 is 2.22 bits per heavy atom. The molecule has 0 amide bonds. The van der Waals surface area contributed by atoms with Gasteiger partial charge in [0.05, 0.1) is 0 Å². The summed E-state index contributed by atoms with van der Waals surface area (Å²) < 4.78 is 0. The molecule has 54 valence electrons. The molecule has 0 aliphatic carbocycles. The molecule has 1 rings (SSSR count). The van der Waals surface area contributed by atoms with Crippen molar-refractivity contribution < 1.29 is 0 Å². The molecule has 1 aliphatic rings. The van der Waals surface area contributed by atoms with Crippen molar-refractivity contribution in [2.45, 2.75) is 39.2 Å². The lowest BCUT2D eigenvalue weighted by atomic mass is 10.0. The quantitative estimate of drug-likeness (QED) is 0.520. The van der Waals surface area contributed by atoms with Crippen LogP contribution >= 0.6 is 0 Å². The molecule has 0 N–H and O–H groups in total. The molecular weight excluding hydrogens is 110 g/mol. The largest absolute Gasteiger partial charge is 0.301 e. The molecule has 0 unspecified atom stereocenters. The lowest BCUT2D eigenvalue weighted by Gasteiger charge is -2.31.